The SMILES string of the molecule is CC1CCC2C(CC1)C2c1cc(C(C)(C)C)c(O)c(C(C)(C)C)c1. The topological polar surface area (TPSA) is 20.2 Å². The molecular formula is C23H36O. The lowest BCUT2D eigenvalue weighted by Gasteiger charge is -2.28. The highest BCUT2D eigenvalue weighted by Gasteiger charge is 2.51. The van der Waals surface area contributed by atoms with Gasteiger partial charge in [-0.2, -0.15) is 0 Å². The molecule has 1 aromatic rings. The molecule has 2 fully saturated rings. The van der Waals surface area contributed by atoms with E-state index < -0.39 is 0 Å². The van der Waals surface area contributed by atoms with E-state index in [0.29, 0.717) is 5.75 Å². The van der Waals surface area contributed by atoms with Crippen molar-refractivity contribution in [3.05, 3.63) is 28.8 Å². The molecular weight excluding hydrogens is 292 g/mol. The van der Waals surface area contributed by atoms with Crippen molar-refractivity contribution >= 4 is 0 Å². The zero-order chi connectivity index (χ0) is 17.9. The summed E-state index contributed by atoms with van der Waals surface area (Å²) >= 11 is 0. The van der Waals surface area contributed by atoms with Crippen molar-refractivity contribution in [2.24, 2.45) is 17.8 Å². The fourth-order valence-corrected chi connectivity index (χ4v) is 4.82. The van der Waals surface area contributed by atoms with E-state index in [0.717, 1.165) is 34.8 Å². The van der Waals surface area contributed by atoms with Crippen LogP contribution in [-0.2, 0) is 10.8 Å². The fourth-order valence-electron chi connectivity index (χ4n) is 4.82. The predicted molar refractivity (Wildman–Crippen MR) is 103 cm³/mol. The minimum atomic E-state index is -0.0223. The van der Waals surface area contributed by atoms with E-state index in [9.17, 15) is 5.11 Å². The molecule has 0 spiro atoms. The third-order valence-electron chi connectivity index (χ3n) is 6.45. The van der Waals surface area contributed by atoms with Crippen molar-refractivity contribution in [3.8, 4) is 5.75 Å². The molecule has 0 aliphatic heterocycles. The van der Waals surface area contributed by atoms with Gasteiger partial charge in [-0.1, -0.05) is 73.4 Å². The Kier molecular flexibility index (Phi) is 4.30. The van der Waals surface area contributed by atoms with Crippen molar-refractivity contribution in [3.63, 3.8) is 0 Å². The van der Waals surface area contributed by atoms with Crippen LogP contribution in [0.3, 0.4) is 0 Å². The van der Waals surface area contributed by atoms with Gasteiger partial charge in [-0.25, -0.2) is 0 Å². The molecule has 134 valence electrons. The fraction of sp³-hybridized carbons (Fsp3) is 0.739. The summed E-state index contributed by atoms with van der Waals surface area (Å²) in [5.41, 5.74) is 3.70. The monoisotopic (exact) mass is 328 g/mol. The molecule has 0 amide bonds. The average Bonchev–Trinajstić information content (AvgIpc) is 3.15. The zero-order valence-corrected chi connectivity index (χ0v) is 16.7. The van der Waals surface area contributed by atoms with Crippen LogP contribution in [0, 0.1) is 17.8 Å². The lowest BCUT2D eigenvalue weighted by atomic mass is 9.77. The molecule has 2 aliphatic rings. The van der Waals surface area contributed by atoms with E-state index >= 15 is 0 Å². The number of phenolic OH excluding ortho intramolecular Hbond substituents is 1. The molecule has 2 aliphatic carbocycles. The Morgan fingerprint density at radius 3 is 1.58 bits per heavy atom. The normalized spacial score (nSPS) is 30.6. The van der Waals surface area contributed by atoms with Gasteiger partial charge in [0.15, 0.2) is 0 Å². The number of benzene rings is 1. The van der Waals surface area contributed by atoms with E-state index in [1.54, 1.807) is 0 Å². The lowest BCUT2D eigenvalue weighted by Crippen LogP contribution is -2.18. The number of rotatable bonds is 1. The smallest absolute Gasteiger partial charge is 0.123 e. The first-order valence-corrected chi connectivity index (χ1v) is 9.88. The van der Waals surface area contributed by atoms with Gasteiger partial charge in [-0.15, -0.1) is 0 Å². The first kappa shape index (κ1) is 17.8. The standard InChI is InChI=1S/C23H36O/c1-14-8-10-16-17(11-9-14)20(16)15-12-18(22(2,3)4)21(24)19(13-15)23(5,6)7/h12-14,16-17,20,24H,8-11H2,1-7H3. The second kappa shape index (κ2) is 5.78. The van der Waals surface area contributed by atoms with Crippen LogP contribution < -0.4 is 0 Å². The molecule has 1 aromatic carbocycles. The summed E-state index contributed by atoms with van der Waals surface area (Å²) in [6, 6.07) is 4.65. The number of phenols is 1. The van der Waals surface area contributed by atoms with Crippen molar-refractivity contribution in [1.82, 2.24) is 0 Å². The first-order chi connectivity index (χ1) is 11.0. The minimum Gasteiger partial charge on any atom is -0.507 e. The Morgan fingerprint density at radius 1 is 0.792 bits per heavy atom. The van der Waals surface area contributed by atoms with Gasteiger partial charge in [-0.3, -0.25) is 0 Å². The Balaban J connectivity index is 2.01. The molecule has 2 atom stereocenters. The van der Waals surface area contributed by atoms with Gasteiger partial charge in [0.1, 0.15) is 5.75 Å². The molecule has 3 rings (SSSR count). The maximum absolute atomic E-state index is 10.9. The van der Waals surface area contributed by atoms with Gasteiger partial charge in [0.2, 0.25) is 0 Å². The third kappa shape index (κ3) is 3.24. The number of aromatic hydroxyl groups is 1. The van der Waals surface area contributed by atoms with E-state index in [4.69, 9.17) is 0 Å². The van der Waals surface area contributed by atoms with Crippen LogP contribution in [0.5, 0.6) is 5.75 Å². The Morgan fingerprint density at radius 2 is 1.21 bits per heavy atom. The molecule has 0 radical (unpaired) electrons. The molecule has 0 heterocycles. The van der Waals surface area contributed by atoms with Crippen molar-refractivity contribution in [2.75, 3.05) is 0 Å². The van der Waals surface area contributed by atoms with Crippen LogP contribution in [-0.4, -0.2) is 5.11 Å². The van der Waals surface area contributed by atoms with Gasteiger partial charge in [-0.05, 0) is 64.0 Å². The Labute approximate surface area is 148 Å². The van der Waals surface area contributed by atoms with Crippen LogP contribution in [0.25, 0.3) is 0 Å². The molecule has 0 aromatic heterocycles. The Hall–Kier alpha value is -0.980. The average molecular weight is 329 g/mol. The summed E-state index contributed by atoms with van der Waals surface area (Å²) in [7, 11) is 0. The van der Waals surface area contributed by atoms with E-state index in [-0.39, 0.29) is 10.8 Å². The quantitative estimate of drug-likeness (QED) is 0.621. The Bertz CT molecular complexity index is 565. The molecule has 24 heavy (non-hydrogen) atoms. The maximum atomic E-state index is 10.9. The van der Waals surface area contributed by atoms with E-state index in [2.05, 4.69) is 60.6 Å². The van der Waals surface area contributed by atoms with Gasteiger partial charge in [0, 0.05) is 0 Å². The first-order valence-electron chi connectivity index (χ1n) is 9.88. The van der Waals surface area contributed by atoms with Crippen LogP contribution in [0.1, 0.15) is 96.8 Å². The van der Waals surface area contributed by atoms with Crippen LogP contribution in [0.15, 0.2) is 12.1 Å². The highest BCUT2D eigenvalue weighted by atomic mass is 16.3. The lowest BCUT2D eigenvalue weighted by molar-refractivity contribution is 0.422. The number of hydrogen-bond donors (Lipinski definition) is 1. The van der Waals surface area contributed by atoms with Crippen molar-refractivity contribution in [2.45, 2.75) is 90.9 Å². The highest BCUT2D eigenvalue weighted by molar-refractivity contribution is 5.51. The van der Waals surface area contributed by atoms with Gasteiger partial charge < -0.3 is 5.11 Å². The molecule has 2 saturated carbocycles. The summed E-state index contributed by atoms with van der Waals surface area (Å²) in [5, 5.41) is 10.9. The number of fused-ring (bicyclic) bond motifs is 1. The van der Waals surface area contributed by atoms with Crippen molar-refractivity contribution in [1.29, 1.82) is 0 Å². The summed E-state index contributed by atoms with van der Waals surface area (Å²) in [6.45, 7) is 15.7. The molecule has 1 N–H and O–H groups in total. The molecule has 1 nitrogen and oxygen atoms in total. The molecule has 2 unspecified atom stereocenters. The van der Waals surface area contributed by atoms with E-state index in [1.807, 2.05) is 0 Å². The van der Waals surface area contributed by atoms with Gasteiger partial charge in [0.05, 0.1) is 0 Å². The maximum Gasteiger partial charge on any atom is 0.123 e. The number of hydrogen-bond acceptors (Lipinski definition) is 1. The van der Waals surface area contributed by atoms with E-state index in [1.165, 1.54) is 31.2 Å². The summed E-state index contributed by atoms with van der Waals surface area (Å²) in [6.07, 6.45) is 5.59. The molecule has 0 bridgehead atoms. The van der Waals surface area contributed by atoms with Crippen LogP contribution in [0.2, 0.25) is 0 Å². The van der Waals surface area contributed by atoms with Crippen LogP contribution in [0.4, 0.5) is 0 Å². The molecule has 1 heteroatoms. The minimum absolute atomic E-state index is 0.0223. The summed E-state index contributed by atoms with van der Waals surface area (Å²) in [4.78, 5) is 0. The van der Waals surface area contributed by atoms with Gasteiger partial charge >= 0.3 is 0 Å². The zero-order valence-electron chi connectivity index (χ0n) is 16.7. The molecule has 0 saturated heterocycles. The third-order valence-corrected chi connectivity index (χ3v) is 6.45. The summed E-state index contributed by atoms with van der Waals surface area (Å²) < 4.78 is 0. The second-order valence-corrected chi connectivity index (χ2v) is 10.6. The van der Waals surface area contributed by atoms with Gasteiger partial charge in [0.25, 0.3) is 0 Å². The van der Waals surface area contributed by atoms with Crippen LogP contribution >= 0.6 is 0 Å². The second-order valence-electron chi connectivity index (χ2n) is 10.6. The summed E-state index contributed by atoms with van der Waals surface area (Å²) in [5.74, 6) is 3.95. The predicted octanol–water partition coefficient (Wildman–Crippen LogP) is 6.53. The van der Waals surface area contributed by atoms with Crippen molar-refractivity contribution < 1.29 is 5.11 Å². The highest BCUT2D eigenvalue weighted by Crippen LogP contribution is 2.61. The largest absolute Gasteiger partial charge is 0.507 e.